The van der Waals surface area contributed by atoms with Crippen LogP contribution in [0.5, 0.6) is 5.75 Å². The van der Waals surface area contributed by atoms with Crippen molar-refractivity contribution in [2.75, 3.05) is 18.1 Å². The first-order valence-corrected chi connectivity index (χ1v) is 8.68. The summed E-state index contributed by atoms with van der Waals surface area (Å²) in [5, 5.41) is 0.713. The van der Waals surface area contributed by atoms with Gasteiger partial charge in [0, 0.05) is 4.47 Å². The lowest BCUT2D eigenvalue weighted by Crippen LogP contribution is -2.33. The van der Waals surface area contributed by atoms with Crippen molar-refractivity contribution in [2.24, 2.45) is 0 Å². The van der Waals surface area contributed by atoms with Gasteiger partial charge < -0.3 is 9.64 Å². The first-order valence-electron chi connectivity index (χ1n) is 7.13. The highest BCUT2D eigenvalue weighted by atomic mass is 79.9. The third-order valence-corrected chi connectivity index (χ3v) is 5.06. The minimum Gasteiger partial charge on any atom is -0.490 e. The zero-order valence-corrected chi connectivity index (χ0v) is 15.7. The van der Waals surface area contributed by atoms with Crippen molar-refractivity contribution in [1.82, 2.24) is 0 Å². The van der Waals surface area contributed by atoms with Gasteiger partial charge >= 0.3 is 0 Å². The topological polar surface area (TPSA) is 46.6 Å². The molecule has 0 aliphatic carbocycles. The molecule has 0 spiro atoms. The molecule has 0 radical (unpaired) electrons. The van der Waals surface area contributed by atoms with Crippen LogP contribution in [0.2, 0.25) is 10.0 Å². The molecule has 1 aliphatic heterocycles. The Kier molecular flexibility index (Phi) is 4.85. The number of halogens is 3. The van der Waals surface area contributed by atoms with Crippen LogP contribution in [0, 0.1) is 6.92 Å². The molecule has 7 heteroatoms. The summed E-state index contributed by atoms with van der Waals surface area (Å²) in [6, 6.07) is 8.66. The van der Waals surface area contributed by atoms with E-state index >= 15 is 0 Å². The zero-order valence-electron chi connectivity index (χ0n) is 12.6. The maximum Gasteiger partial charge on any atom is 0.299 e. The van der Waals surface area contributed by atoms with Crippen LogP contribution in [0.4, 0.5) is 5.69 Å². The van der Waals surface area contributed by atoms with E-state index in [0.717, 1.165) is 5.56 Å². The van der Waals surface area contributed by atoms with E-state index < -0.39 is 11.7 Å². The predicted octanol–water partition coefficient (Wildman–Crippen LogP) is 4.67. The third-order valence-electron chi connectivity index (χ3n) is 3.65. The Bertz CT molecular complexity index is 854. The molecule has 0 unspecified atom stereocenters. The molecule has 0 saturated heterocycles. The number of nitrogens with zero attached hydrogens (tertiary/aromatic N) is 1. The van der Waals surface area contributed by atoms with Gasteiger partial charge in [-0.2, -0.15) is 0 Å². The third kappa shape index (κ3) is 3.04. The molecule has 0 N–H and O–H groups in total. The van der Waals surface area contributed by atoms with E-state index in [2.05, 4.69) is 15.9 Å². The molecule has 1 aliphatic rings. The van der Waals surface area contributed by atoms with Crippen molar-refractivity contribution in [2.45, 2.75) is 6.92 Å². The summed E-state index contributed by atoms with van der Waals surface area (Å²) < 4.78 is 6.31. The Morgan fingerprint density at radius 1 is 1.21 bits per heavy atom. The number of ketones is 1. The van der Waals surface area contributed by atoms with Crippen molar-refractivity contribution >= 4 is 56.5 Å². The molecule has 0 aromatic heterocycles. The van der Waals surface area contributed by atoms with E-state index in [4.69, 9.17) is 27.9 Å². The first-order chi connectivity index (χ1) is 11.4. The van der Waals surface area contributed by atoms with Crippen LogP contribution in [0.3, 0.4) is 0 Å². The molecule has 0 bridgehead atoms. The summed E-state index contributed by atoms with van der Waals surface area (Å²) in [7, 11) is 0. The second-order valence-electron chi connectivity index (χ2n) is 5.33. The van der Waals surface area contributed by atoms with Crippen LogP contribution < -0.4 is 9.64 Å². The Morgan fingerprint density at radius 2 is 1.96 bits per heavy atom. The van der Waals surface area contributed by atoms with Gasteiger partial charge in [-0.25, -0.2) is 0 Å². The number of fused-ring (bicyclic) bond motifs is 1. The molecule has 1 amide bonds. The molecule has 4 nitrogen and oxygen atoms in total. The monoisotopic (exact) mass is 427 g/mol. The van der Waals surface area contributed by atoms with Crippen LogP contribution in [0.25, 0.3) is 0 Å². The number of carbonyl (C=O) groups is 2. The van der Waals surface area contributed by atoms with Crippen LogP contribution in [-0.2, 0) is 4.79 Å². The SMILES string of the molecule is Cc1cc(Br)c2c(c1)C(=O)C(=O)N2CCOc1cccc(Cl)c1Cl. The van der Waals surface area contributed by atoms with Gasteiger partial charge in [0.1, 0.15) is 17.4 Å². The maximum absolute atomic E-state index is 12.2. The van der Waals surface area contributed by atoms with E-state index in [1.807, 2.05) is 13.0 Å². The first kappa shape index (κ1) is 17.3. The van der Waals surface area contributed by atoms with E-state index in [-0.39, 0.29) is 13.2 Å². The summed E-state index contributed by atoms with van der Waals surface area (Å²) >= 11 is 15.4. The van der Waals surface area contributed by atoms with Gasteiger partial charge in [0.2, 0.25) is 0 Å². The molecule has 2 aromatic carbocycles. The van der Waals surface area contributed by atoms with Gasteiger partial charge in [0.15, 0.2) is 0 Å². The highest BCUT2D eigenvalue weighted by Crippen LogP contribution is 2.37. The van der Waals surface area contributed by atoms with Crippen LogP contribution in [-0.4, -0.2) is 24.8 Å². The quantitative estimate of drug-likeness (QED) is 0.664. The largest absolute Gasteiger partial charge is 0.490 e. The van der Waals surface area contributed by atoms with Crippen molar-refractivity contribution in [3.05, 3.63) is 56.0 Å². The number of ether oxygens (including phenoxy) is 1. The number of benzene rings is 2. The fourth-order valence-corrected chi connectivity index (χ4v) is 3.71. The highest BCUT2D eigenvalue weighted by Gasteiger charge is 2.37. The minimum absolute atomic E-state index is 0.179. The van der Waals surface area contributed by atoms with Gasteiger partial charge in [0.05, 0.1) is 22.8 Å². The van der Waals surface area contributed by atoms with Crippen LogP contribution >= 0.6 is 39.1 Å². The number of carbonyl (C=O) groups excluding carboxylic acids is 2. The number of rotatable bonds is 4. The normalized spacial score (nSPS) is 13.4. The average Bonchev–Trinajstić information content (AvgIpc) is 2.77. The molecular formula is C17H12BrCl2NO3. The van der Waals surface area contributed by atoms with Crippen molar-refractivity contribution < 1.29 is 14.3 Å². The lowest BCUT2D eigenvalue weighted by Gasteiger charge is -2.18. The fraction of sp³-hybridized carbons (Fsp3) is 0.176. The Labute approximate surface area is 157 Å². The predicted molar refractivity (Wildman–Crippen MR) is 97.5 cm³/mol. The molecule has 2 aromatic rings. The van der Waals surface area contributed by atoms with Gasteiger partial charge in [0.25, 0.3) is 11.7 Å². The van der Waals surface area contributed by atoms with Crippen molar-refractivity contribution in [3.8, 4) is 5.75 Å². The van der Waals surface area contributed by atoms with E-state index in [1.54, 1.807) is 24.3 Å². The molecule has 24 heavy (non-hydrogen) atoms. The van der Waals surface area contributed by atoms with Crippen molar-refractivity contribution in [1.29, 1.82) is 0 Å². The number of hydrogen-bond acceptors (Lipinski definition) is 3. The van der Waals surface area contributed by atoms with E-state index in [1.165, 1.54) is 4.90 Å². The Morgan fingerprint density at radius 3 is 2.71 bits per heavy atom. The Balaban J connectivity index is 1.78. The molecule has 124 valence electrons. The summed E-state index contributed by atoms with van der Waals surface area (Å²) in [5.41, 5.74) is 1.90. The van der Waals surface area contributed by atoms with Gasteiger partial charge in [-0.05, 0) is 52.7 Å². The lowest BCUT2D eigenvalue weighted by atomic mass is 10.1. The number of anilines is 1. The van der Waals surface area contributed by atoms with E-state index in [0.29, 0.717) is 31.5 Å². The standard InChI is InChI=1S/C17H12BrCl2NO3/c1-9-7-10-15(11(18)8-9)21(17(23)16(10)22)5-6-24-13-4-2-3-12(19)14(13)20/h2-4,7-8H,5-6H2,1H3. The lowest BCUT2D eigenvalue weighted by molar-refractivity contribution is -0.114. The maximum atomic E-state index is 12.2. The summed E-state index contributed by atoms with van der Waals surface area (Å²) in [4.78, 5) is 25.8. The summed E-state index contributed by atoms with van der Waals surface area (Å²) in [5.74, 6) is -0.627. The average molecular weight is 429 g/mol. The van der Waals surface area contributed by atoms with Gasteiger partial charge in [-0.1, -0.05) is 29.3 Å². The fourth-order valence-electron chi connectivity index (χ4n) is 2.58. The van der Waals surface area contributed by atoms with E-state index in [9.17, 15) is 9.59 Å². The number of aryl methyl sites for hydroxylation is 1. The van der Waals surface area contributed by atoms with Crippen LogP contribution in [0.1, 0.15) is 15.9 Å². The number of Topliss-reactive ketones (excluding diaryl/α,β-unsaturated/α-hetero) is 1. The molecule has 1 heterocycles. The smallest absolute Gasteiger partial charge is 0.299 e. The molecule has 0 saturated carbocycles. The highest BCUT2D eigenvalue weighted by molar-refractivity contribution is 9.10. The molecule has 0 atom stereocenters. The van der Waals surface area contributed by atoms with Gasteiger partial charge in [-0.15, -0.1) is 0 Å². The second kappa shape index (κ2) is 6.75. The summed E-state index contributed by atoms with van der Waals surface area (Å²) in [6.45, 7) is 2.27. The molecule has 3 rings (SSSR count). The number of amides is 1. The van der Waals surface area contributed by atoms with Gasteiger partial charge in [-0.3, -0.25) is 9.59 Å². The zero-order chi connectivity index (χ0) is 17.4. The van der Waals surface area contributed by atoms with Crippen molar-refractivity contribution in [3.63, 3.8) is 0 Å². The molecule has 0 fully saturated rings. The van der Waals surface area contributed by atoms with Crippen LogP contribution in [0.15, 0.2) is 34.8 Å². The second-order valence-corrected chi connectivity index (χ2v) is 6.97. The molecular weight excluding hydrogens is 417 g/mol. The Hall–Kier alpha value is -1.56. The summed E-state index contributed by atoms with van der Waals surface area (Å²) in [6.07, 6.45) is 0. The minimum atomic E-state index is -0.558. The number of hydrogen-bond donors (Lipinski definition) is 0.